The zero-order valence-corrected chi connectivity index (χ0v) is 10.9. The van der Waals surface area contributed by atoms with Crippen LogP contribution in [0.1, 0.15) is 0 Å². The first-order valence-corrected chi connectivity index (χ1v) is 6.70. The van der Waals surface area contributed by atoms with Crippen LogP contribution in [0.3, 0.4) is 0 Å². The number of halogens is 4. The highest BCUT2D eigenvalue weighted by Crippen LogP contribution is 2.42. The van der Waals surface area contributed by atoms with Crippen molar-refractivity contribution in [3.63, 3.8) is 0 Å². The molecule has 0 aromatic carbocycles. The Bertz CT molecular complexity index is 647. The number of rotatable bonds is 4. The summed E-state index contributed by atoms with van der Waals surface area (Å²) in [6.07, 6.45) is -5.03. The molecule has 13 heteroatoms. The third-order valence-corrected chi connectivity index (χ3v) is 2.98. The van der Waals surface area contributed by atoms with Crippen molar-refractivity contribution in [2.75, 3.05) is 7.11 Å². The summed E-state index contributed by atoms with van der Waals surface area (Å²) in [5, 5.41) is 9.68. The lowest BCUT2D eigenvalue weighted by Crippen LogP contribution is -2.18. The van der Waals surface area contributed by atoms with Crippen LogP contribution < -0.4 is 9.47 Å². The van der Waals surface area contributed by atoms with Crippen molar-refractivity contribution in [1.29, 1.82) is 0 Å². The molecule has 112 valence electrons. The summed E-state index contributed by atoms with van der Waals surface area (Å²) in [6, 6.07) is 0. The van der Waals surface area contributed by atoms with Crippen molar-refractivity contribution in [2.24, 2.45) is 0 Å². The van der Waals surface area contributed by atoms with Crippen LogP contribution in [0.4, 0.5) is 18.9 Å². The molecule has 0 aliphatic carbocycles. The first kappa shape index (κ1) is 16.2. The van der Waals surface area contributed by atoms with Crippen molar-refractivity contribution in [3.05, 3.63) is 16.3 Å². The summed E-state index contributed by atoms with van der Waals surface area (Å²) < 4.78 is 66.3. The van der Waals surface area contributed by atoms with E-state index >= 15 is 0 Å². The van der Waals surface area contributed by atoms with Crippen LogP contribution >= 0.6 is 10.7 Å². The van der Waals surface area contributed by atoms with Crippen LogP contribution in [0.25, 0.3) is 0 Å². The molecule has 0 bridgehead atoms. The number of nitro groups is 1. The maximum absolute atomic E-state index is 12.1. The van der Waals surface area contributed by atoms with Gasteiger partial charge in [-0.05, 0) is 0 Å². The van der Waals surface area contributed by atoms with Crippen molar-refractivity contribution in [1.82, 2.24) is 4.98 Å². The lowest BCUT2D eigenvalue weighted by Gasteiger charge is -2.11. The van der Waals surface area contributed by atoms with E-state index < -0.39 is 42.5 Å². The Morgan fingerprint density at radius 3 is 2.35 bits per heavy atom. The van der Waals surface area contributed by atoms with Crippen LogP contribution in [-0.2, 0) is 9.05 Å². The SMILES string of the molecule is COc1c(S(=O)(=O)Cl)ncc(OC(F)(F)F)c1[N+](=O)[O-]. The molecular weight excluding hydrogens is 333 g/mol. The summed E-state index contributed by atoms with van der Waals surface area (Å²) in [5.41, 5.74) is -1.36. The zero-order chi connectivity index (χ0) is 15.7. The first-order chi connectivity index (χ1) is 8.97. The molecule has 0 spiro atoms. The molecule has 0 N–H and O–H groups in total. The third-order valence-electron chi connectivity index (χ3n) is 1.79. The lowest BCUT2D eigenvalue weighted by atomic mass is 10.3. The minimum absolute atomic E-state index is 0.212. The molecule has 0 unspecified atom stereocenters. The number of hydrogen-bond donors (Lipinski definition) is 0. The summed E-state index contributed by atoms with van der Waals surface area (Å²) in [7, 11) is 1.18. The van der Waals surface area contributed by atoms with Gasteiger partial charge in [-0.25, -0.2) is 13.4 Å². The number of alkyl halides is 3. The molecule has 20 heavy (non-hydrogen) atoms. The molecule has 1 aromatic rings. The molecule has 1 rings (SSSR count). The van der Waals surface area contributed by atoms with Gasteiger partial charge in [-0.3, -0.25) is 10.1 Å². The highest BCUT2D eigenvalue weighted by molar-refractivity contribution is 8.13. The van der Waals surface area contributed by atoms with E-state index in [1.807, 2.05) is 0 Å². The topological polar surface area (TPSA) is 109 Å². The number of aromatic nitrogens is 1. The van der Waals surface area contributed by atoms with Crippen molar-refractivity contribution >= 4 is 25.4 Å². The maximum atomic E-state index is 12.1. The first-order valence-electron chi connectivity index (χ1n) is 4.39. The highest BCUT2D eigenvalue weighted by atomic mass is 35.7. The smallest absolute Gasteiger partial charge is 0.488 e. The Morgan fingerprint density at radius 2 is 2.00 bits per heavy atom. The van der Waals surface area contributed by atoms with Gasteiger partial charge in [0.15, 0.2) is 0 Å². The third kappa shape index (κ3) is 3.60. The zero-order valence-electron chi connectivity index (χ0n) is 9.34. The van der Waals surface area contributed by atoms with Gasteiger partial charge in [-0.15, -0.1) is 13.2 Å². The van der Waals surface area contributed by atoms with Gasteiger partial charge >= 0.3 is 12.0 Å². The van der Waals surface area contributed by atoms with Crippen molar-refractivity contribution in [3.8, 4) is 11.5 Å². The summed E-state index contributed by atoms with van der Waals surface area (Å²) in [6.45, 7) is 0. The monoisotopic (exact) mass is 336 g/mol. The molecule has 8 nitrogen and oxygen atoms in total. The Hall–Kier alpha value is -1.82. The van der Waals surface area contributed by atoms with Gasteiger partial charge < -0.3 is 9.47 Å². The van der Waals surface area contributed by atoms with Crippen LogP contribution in [0.15, 0.2) is 11.2 Å². The van der Waals surface area contributed by atoms with Crippen molar-refractivity contribution < 1.29 is 36.0 Å². The normalized spacial score (nSPS) is 12.1. The molecule has 0 saturated carbocycles. The predicted molar refractivity (Wildman–Crippen MR) is 57.2 cm³/mol. The fourth-order valence-electron chi connectivity index (χ4n) is 1.18. The van der Waals surface area contributed by atoms with E-state index in [0.29, 0.717) is 0 Å². The van der Waals surface area contributed by atoms with Gasteiger partial charge in [-0.2, -0.15) is 0 Å². The highest BCUT2D eigenvalue weighted by Gasteiger charge is 2.39. The Balaban J connectivity index is 3.63. The minimum atomic E-state index is -5.24. The second kappa shape index (κ2) is 5.28. The number of methoxy groups -OCH3 is 1. The van der Waals surface area contributed by atoms with E-state index in [9.17, 15) is 31.7 Å². The largest absolute Gasteiger partial charge is 0.573 e. The van der Waals surface area contributed by atoms with Gasteiger partial charge in [0.25, 0.3) is 9.05 Å². The van der Waals surface area contributed by atoms with E-state index in [-0.39, 0.29) is 6.20 Å². The standard InChI is InChI=1S/C7H4ClF3N2O6S/c1-18-5-4(13(14)15)3(19-7(9,10)11)2-12-6(5)20(8,16)17/h2H,1H3. The molecule has 0 aliphatic rings. The van der Waals surface area contributed by atoms with E-state index in [0.717, 1.165) is 7.11 Å². The van der Waals surface area contributed by atoms with Gasteiger partial charge in [0.2, 0.25) is 16.5 Å². The molecule has 0 amide bonds. The Kier molecular flexibility index (Phi) is 4.29. The Labute approximate surface area is 113 Å². The maximum Gasteiger partial charge on any atom is 0.573 e. The average Bonchev–Trinajstić information content (AvgIpc) is 2.23. The van der Waals surface area contributed by atoms with Crippen LogP contribution in [0.5, 0.6) is 11.5 Å². The van der Waals surface area contributed by atoms with Crippen LogP contribution in [-0.4, -0.2) is 31.8 Å². The molecule has 0 saturated heterocycles. The van der Waals surface area contributed by atoms with Gasteiger partial charge in [-0.1, -0.05) is 0 Å². The number of hydrogen-bond acceptors (Lipinski definition) is 7. The van der Waals surface area contributed by atoms with Crippen LogP contribution in [0.2, 0.25) is 0 Å². The lowest BCUT2D eigenvalue weighted by molar-refractivity contribution is -0.389. The molecule has 1 heterocycles. The molecule has 0 atom stereocenters. The van der Waals surface area contributed by atoms with Gasteiger partial charge in [0, 0.05) is 10.7 Å². The van der Waals surface area contributed by atoms with E-state index in [4.69, 9.17) is 10.7 Å². The molecule has 0 radical (unpaired) electrons. The number of pyridine rings is 1. The summed E-state index contributed by atoms with van der Waals surface area (Å²) in [4.78, 5) is 12.5. The fourth-order valence-corrected chi connectivity index (χ4v) is 2.09. The quantitative estimate of drug-likeness (QED) is 0.468. The Morgan fingerprint density at radius 1 is 1.45 bits per heavy atom. The second-order valence-corrected chi connectivity index (χ2v) is 5.53. The van der Waals surface area contributed by atoms with Crippen LogP contribution in [0, 0.1) is 10.1 Å². The van der Waals surface area contributed by atoms with Crippen molar-refractivity contribution in [2.45, 2.75) is 11.4 Å². The second-order valence-electron chi connectivity index (χ2n) is 3.05. The number of ether oxygens (including phenoxy) is 2. The molecule has 0 aliphatic heterocycles. The van der Waals surface area contributed by atoms with Gasteiger partial charge in [0.1, 0.15) is 0 Å². The number of nitrogens with zero attached hydrogens (tertiary/aromatic N) is 2. The summed E-state index contributed by atoms with van der Waals surface area (Å²) in [5.74, 6) is -2.39. The fraction of sp³-hybridized carbons (Fsp3) is 0.286. The average molecular weight is 337 g/mol. The minimum Gasteiger partial charge on any atom is -0.488 e. The molecule has 1 aromatic heterocycles. The molecule has 0 fully saturated rings. The predicted octanol–water partition coefficient (Wildman–Crippen LogP) is 1.82. The van der Waals surface area contributed by atoms with E-state index in [1.165, 1.54) is 0 Å². The van der Waals surface area contributed by atoms with E-state index in [2.05, 4.69) is 14.5 Å². The van der Waals surface area contributed by atoms with Gasteiger partial charge in [0.05, 0.1) is 18.2 Å². The molecular formula is C7H4ClF3N2O6S. The summed E-state index contributed by atoms with van der Waals surface area (Å²) >= 11 is 0. The van der Waals surface area contributed by atoms with E-state index in [1.54, 1.807) is 0 Å².